The number of nitrogens with one attached hydrogen (secondary N) is 1. The highest BCUT2D eigenvalue weighted by molar-refractivity contribution is 7.89. The highest BCUT2D eigenvalue weighted by Gasteiger charge is 2.22. The summed E-state index contributed by atoms with van der Waals surface area (Å²) in [7, 11) is -3.81. The molecule has 1 aliphatic heterocycles. The van der Waals surface area contributed by atoms with Crippen molar-refractivity contribution in [3.05, 3.63) is 59.1 Å². The highest BCUT2D eigenvalue weighted by atomic mass is 35.5. The van der Waals surface area contributed by atoms with Gasteiger partial charge in [0.05, 0.1) is 17.6 Å². The van der Waals surface area contributed by atoms with Crippen molar-refractivity contribution in [3.63, 3.8) is 0 Å². The van der Waals surface area contributed by atoms with Gasteiger partial charge in [0, 0.05) is 36.8 Å². The van der Waals surface area contributed by atoms with Gasteiger partial charge in [-0.3, -0.25) is 9.69 Å². The van der Waals surface area contributed by atoms with Crippen molar-refractivity contribution in [2.24, 2.45) is 5.14 Å². The summed E-state index contributed by atoms with van der Waals surface area (Å²) in [6.07, 6.45) is 0.230. The third-order valence-electron chi connectivity index (χ3n) is 4.49. The van der Waals surface area contributed by atoms with Gasteiger partial charge in [0.1, 0.15) is 0 Å². The fraction of sp³-hybridized carbons (Fsp3) is 0.316. The van der Waals surface area contributed by atoms with Crippen LogP contribution < -0.4 is 10.5 Å². The molecule has 28 heavy (non-hydrogen) atoms. The Morgan fingerprint density at radius 2 is 2.00 bits per heavy atom. The van der Waals surface area contributed by atoms with Gasteiger partial charge in [0.25, 0.3) is 0 Å². The Hall–Kier alpha value is -1.97. The first kappa shape index (κ1) is 20.8. The van der Waals surface area contributed by atoms with E-state index in [1.165, 1.54) is 18.2 Å². The number of sulfonamides is 1. The van der Waals surface area contributed by atoms with E-state index in [1.54, 1.807) is 6.07 Å². The summed E-state index contributed by atoms with van der Waals surface area (Å²) in [5.41, 5.74) is 1.45. The lowest BCUT2D eigenvalue weighted by atomic mass is 10.1. The molecule has 1 fully saturated rings. The van der Waals surface area contributed by atoms with Gasteiger partial charge in [0.15, 0.2) is 0 Å². The highest BCUT2D eigenvalue weighted by Crippen LogP contribution is 2.24. The lowest BCUT2D eigenvalue weighted by Crippen LogP contribution is -2.39. The Kier molecular flexibility index (Phi) is 6.69. The zero-order valence-corrected chi connectivity index (χ0v) is 16.7. The predicted octanol–water partition coefficient (Wildman–Crippen LogP) is 2.39. The second-order valence-electron chi connectivity index (χ2n) is 6.58. The molecule has 0 aromatic heterocycles. The van der Waals surface area contributed by atoms with Crippen LogP contribution in [0.3, 0.4) is 0 Å². The van der Waals surface area contributed by atoms with Crippen LogP contribution >= 0.6 is 11.6 Å². The van der Waals surface area contributed by atoms with Crippen molar-refractivity contribution in [2.75, 3.05) is 31.6 Å². The van der Waals surface area contributed by atoms with Crippen LogP contribution in [0, 0.1) is 0 Å². The predicted molar refractivity (Wildman–Crippen MR) is 108 cm³/mol. The van der Waals surface area contributed by atoms with Crippen LogP contribution in [0.15, 0.2) is 53.4 Å². The third kappa shape index (κ3) is 5.76. The van der Waals surface area contributed by atoms with Crippen LogP contribution in [0.25, 0.3) is 0 Å². The van der Waals surface area contributed by atoms with Crippen LogP contribution in [0.5, 0.6) is 0 Å². The van der Waals surface area contributed by atoms with Gasteiger partial charge in [-0.15, -0.1) is 0 Å². The number of halogens is 1. The van der Waals surface area contributed by atoms with Crippen molar-refractivity contribution >= 4 is 33.2 Å². The van der Waals surface area contributed by atoms with Crippen LogP contribution in [-0.4, -0.2) is 45.5 Å². The summed E-state index contributed by atoms with van der Waals surface area (Å²) in [6.45, 7) is 2.60. The van der Waals surface area contributed by atoms with E-state index in [4.69, 9.17) is 21.5 Å². The molecule has 0 radical (unpaired) electrons. The smallest absolute Gasteiger partial charge is 0.238 e. The number of ether oxygens (including phenoxy) is 1. The number of amides is 1. The summed E-state index contributed by atoms with van der Waals surface area (Å²) in [5, 5.41) is 8.51. The Morgan fingerprint density at radius 3 is 2.71 bits per heavy atom. The second kappa shape index (κ2) is 9.02. The van der Waals surface area contributed by atoms with Gasteiger partial charge < -0.3 is 10.1 Å². The first-order valence-electron chi connectivity index (χ1n) is 8.83. The Labute approximate surface area is 169 Å². The van der Waals surface area contributed by atoms with Gasteiger partial charge >= 0.3 is 0 Å². The fourth-order valence-electron chi connectivity index (χ4n) is 3.02. The van der Waals surface area contributed by atoms with Crippen molar-refractivity contribution in [1.29, 1.82) is 0 Å². The molecule has 0 aliphatic carbocycles. The quantitative estimate of drug-likeness (QED) is 0.742. The number of benzene rings is 2. The summed E-state index contributed by atoms with van der Waals surface area (Å²) >= 11 is 5.93. The molecule has 2 aromatic carbocycles. The molecular formula is C19H22ClN3O4S. The molecule has 7 nitrogen and oxygen atoms in total. The maximum Gasteiger partial charge on any atom is 0.238 e. The van der Waals surface area contributed by atoms with E-state index in [1.807, 2.05) is 24.3 Å². The fourth-order valence-corrected chi connectivity index (χ4v) is 3.70. The minimum absolute atomic E-state index is 0.0377. The Bertz CT molecular complexity index is 934. The number of carbonyl (C=O) groups excluding carboxylic acids is 1. The number of rotatable bonds is 6. The van der Waals surface area contributed by atoms with E-state index < -0.39 is 10.0 Å². The third-order valence-corrected chi connectivity index (χ3v) is 5.66. The molecule has 1 atom stereocenters. The maximum atomic E-state index is 12.2. The molecule has 3 rings (SSSR count). The standard InChI is InChI=1S/C19H22ClN3O4S/c20-15-6-4-14(5-7-15)18-13-23(10-11-27-18)9-8-19(24)22-16-2-1-3-17(12-16)28(21,25)26/h1-7,12,18H,8-11,13H2,(H,22,24)(H2,21,25,26). The van der Waals surface area contributed by atoms with E-state index in [2.05, 4.69) is 10.2 Å². The lowest BCUT2D eigenvalue weighted by Gasteiger charge is -2.33. The van der Waals surface area contributed by atoms with E-state index in [0.717, 1.165) is 12.1 Å². The molecule has 150 valence electrons. The first-order chi connectivity index (χ1) is 13.3. The van der Waals surface area contributed by atoms with Crippen molar-refractivity contribution in [2.45, 2.75) is 17.4 Å². The van der Waals surface area contributed by atoms with E-state index in [9.17, 15) is 13.2 Å². The normalized spacial score (nSPS) is 18.0. The first-order valence-corrected chi connectivity index (χ1v) is 10.8. The number of nitrogens with zero attached hydrogens (tertiary/aromatic N) is 1. The van der Waals surface area contributed by atoms with E-state index in [0.29, 0.717) is 30.4 Å². The van der Waals surface area contributed by atoms with Gasteiger partial charge in [-0.1, -0.05) is 29.8 Å². The van der Waals surface area contributed by atoms with Crippen molar-refractivity contribution < 1.29 is 17.9 Å². The summed E-state index contributed by atoms with van der Waals surface area (Å²) < 4.78 is 28.6. The molecule has 1 heterocycles. The van der Waals surface area contributed by atoms with E-state index in [-0.39, 0.29) is 23.3 Å². The largest absolute Gasteiger partial charge is 0.371 e. The molecule has 2 aromatic rings. The SMILES string of the molecule is NS(=O)(=O)c1cccc(NC(=O)CCN2CCOC(c3ccc(Cl)cc3)C2)c1. The molecule has 3 N–H and O–H groups in total. The summed E-state index contributed by atoms with van der Waals surface area (Å²) in [6, 6.07) is 13.5. The number of morpholine rings is 1. The Morgan fingerprint density at radius 1 is 1.25 bits per heavy atom. The molecule has 1 saturated heterocycles. The van der Waals surface area contributed by atoms with Crippen LogP contribution in [0.4, 0.5) is 5.69 Å². The lowest BCUT2D eigenvalue weighted by molar-refractivity contribution is -0.117. The zero-order chi connectivity index (χ0) is 20.1. The van der Waals surface area contributed by atoms with Crippen LogP contribution in [0.1, 0.15) is 18.1 Å². The molecule has 1 unspecified atom stereocenters. The average Bonchev–Trinajstić information content (AvgIpc) is 2.67. The van der Waals surface area contributed by atoms with Crippen molar-refractivity contribution in [3.8, 4) is 0 Å². The maximum absolute atomic E-state index is 12.2. The van der Waals surface area contributed by atoms with Gasteiger partial charge in [-0.05, 0) is 35.9 Å². The van der Waals surface area contributed by atoms with Gasteiger partial charge in [0.2, 0.25) is 15.9 Å². The number of anilines is 1. The Balaban J connectivity index is 1.52. The number of hydrogen-bond donors (Lipinski definition) is 2. The molecule has 1 amide bonds. The monoisotopic (exact) mass is 423 g/mol. The molecule has 9 heteroatoms. The van der Waals surface area contributed by atoms with Gasteiger partial charge in [-0.25, -0.2) is 13.6 Å². The second-order valence-corrected chi connectivity index (χ2v) is 8.58. The molecule has 0 saturated carbocycles. The van der Waals surface area contributed by atoms with Crippen molar-refractivity contribution in [1.82, 2.24) is 4.90 Å². The van der Waals surface area contributed by atoms with E-state index >= 15 is 0 Å². The van der Waals surface area contributed by atoms with Crippen LogP contribution in [0.2, 0.25) is 5.02 Å². The summed E-state index contributed by atoms with van der Waals surface area (Å²) in [5.74, 6) is -0.193. The number of hydrogen-bond acceptors (Lipinski definition) is 5. The molecular weight excluding hydrogens is 402 g/mol. The number of primary sulfonamides is 1. The number of carbonyl (C=O) groups is 1. The molecule has 1 aliphatic rings. The summed E-state index contributed by atoms with van der Waals surface area (Å²) in [4.78, 5) is 14.4. The minimum Gasteiger partial charge on any atom is -0.371 e. The average molecular weight is 424 g/mol. The van der Waals surface area contributed by atoms with Gasteiger partial charge in [-0.2, -0.15) is 0 Å². The number of nitrogens with two attached hydrogens (primary N) is 1. The van der Waals surface area contributed by atoms with Crippen LogP contribution in [-0.2, 0) is 19.6 Å². The minimum atomic E-state index is -3.81. The molecule has 0 spiro atoms. The topological polar surface area (TPSA) is 102 Å². The zero-order valence-electron chi connectivity index (χ0n) is 15.2. The molecule has 0 bridgehead atoms.